The van der Waals surface area contributed by atoms with E-state index < -0.39 is 0 Å². The molecule has 18 heavy (non-hydrogen) atoms. The third kappa shape index (κ3) is 2.13. The second kappa shape index (κ2) is 4.86. The summed E-state index contributed by atoms with van der Waals surface area (Å²) in [6.45, 7) is 1.52. The summed E-state index contributed by atoms with van der Waals surface area (Å²) in [5, 5.41) is 3.92. The molecule has 0 bridgehead atoms. The number of nitrogens with one attached hydrogen (secondary N) is 1. The fourth-order valence-electron chi connectivity index (χ4n) is 2.21. The number of halogens is 1. The van der Waals surface area contributed by atoms with Gasteiger partial charge in [0.15, 0.2) is 0 Å². The maximum atomic E-state index is 13.6. The van der Waals surface area contributed by atoms with Crippen LogP contribution in [0.2, 0.25) is 0 Å². The molecule has 1 aliphatic rings. The van der Waals surface area contributed by atoms with Crippen molar-refractivity contribution in [3.63, 3.8) is 0 Å². The van der Waals surface area contributed by atoms with Gasteiger partial charge in [0.2, 0.25) is 0 Å². The molecule has 1 atom stereocenters. The molecule has 1 saturated heterocycles. The third-order valence-electron chi connectivity index (χ3n) is 3.14. The van der Waals surface area contributed by atoms with Crippen LogP contribution in [0.25, 0.3) is 10.9 Å². The van der Waals surface area contributed by atoms with E-state index in [1.54, 1.807) is 6.07 Å². The summed E-state index contributed by atoms with van der Waals surface area (Å²) < 4.78 is 19.1. The second-order valence-corrected chi connectivity index (χ2v) is 4.37. The summed E-state index contributed by atoms with van der Waals surface area (Å²) in [5.41, 5.74) is 0.349. The smallest absolute Gasteiger partial charge is 0.149 e. The molecule has 4 nitrogen and oxygen atoms in total. The molecule has 1 fully saturated rings. The van der Waals surface area contributed by atoms with Crippen LogP contribution in [0, 0.1) is 5.82 Å². The van der Waals surface area contributed by atoms with E-state index >= 15 is 0 Å². The average Bonchev–Trinajstić information content (AvgIpc) is 2.90. The van der Waals surface area contributed by atoms with Crippen molar-refractivity contribution in [3.8, 4) is 0 Å². The Bertz CT molecular complexity index is 555. The molecule has 1 N–H and O–H groups in total. The van der Waals surface area contributed by atoms with Crippen molar-refractivity contribution in [2.45, 2.75) is 18.9 Å². The Morgan fingerprint density at radius 2 is 2.33 bits per heavy atom. The minimum Gasteiger partial charge on any atom is -0.376 e. The molecular weight excluding hydrogens is 233 g/mol. The standard InChI is InChI=1S/C13H14FN3O/c14-11-5-1-4-10-12(11)16-8-17-13(10)15-7-9-3-2-6-18-9/h1,4-5,8-9H,2-3,6-7H2,(H,15,16,17). The summed E-state index contributed by atoms with van der Waals surface area (Å²) in [6, 6.07) is 4.88. The largest absolute Gasteiger partial charge is 0.376 e. The van der Waals surface area contributed by atoms with Crippen LogP contribution in [0.3, 0.4) is 0 Å². The van der Waals surface area contributed by atoms with Crippen molar-refractivity contribution in [3.05, 3.63) is 30.3 Å². The Hall–Kier alpha value is -1.75. The molecule has 5 heteroatoms. The van der Waals surface area contributed by atoms with Gasteiger partial charge in [-0.25, -0.2) is 14.4 Å². The van der Waals surface area contributed by atoms with Crippen molar-refractivity contribution < 1.29 is 9.13 Å². The summed E-state index contributed by atoms with van der Waals surface area (Å²) in [7, 11) is 0. The zero-order chi connectivity index (χ0) is 12.4. The lowest BCUT2D eigenvalue weighted by molar-refractivity contribution is 0.120. The Morgan fingerprint density at radius 3 is 3.17 bits per heavy atom. The van der Waals surface area contributed by atoms with Gasteiger partial charge in [-0.3, -0.25) is 0 Å². The highest BCUT2D eigenvalue weighted by Crippen LogP contribution is 2.21. The van der Waals surface area contributed by atoms with Crippen molar-refractivity contribution in [2.24, 2.45) is 0 Å². The number of benzene rings is 1. The lowest BCUT2D eigenvalue weighted by Crippen LogP contribution is -2.19. The minimum atomic E-state index is -0.324. The van der Waals surface area contributed by atoms with Gasteiger partial charge in [-0.15, -0.1) is 0 Å². The molecule has 94 valence electrons. The predicted octanol–water partition coefficient (Wildman–Crippen LogP) is 2.36. The Kier molecular flexibility index (Phi) is 3.06. The summed E-state index contributed by atoms with van der Waals surface area (Å²) in [5.74, 6) is 0.338. The van der Waals surface area contributed by atoms with E-state index in [1.807, 2.05) is 6.07 Å². The first-order valence-electron chi connectivity index (χ1n) is 6.09. The lowest BCUT2D eigenvalue weighted by Gasteiger charge is -2.12. The first-order chi connectivity index (χ1) is 8.84. The highest BCUT2D eigenvalue weighted by molar-refractivity contribution is 5.89. The predicted molar refractivity (Wildman–Crippen MR) is 67.0 cm³/mol. The number of ether oxygens (including phenoxy) is 1. The zero-order valence-electron chi connectivity index (χ0n) is 9.90. The van der Waals surface area contributed by atoms with Crippen molar-refractivity contribution in [1.29, 1.82) is 0 Å². The van der Waals surface area contributed by atoms with E-state index in [2.05, 4.69) is 15.3 Å². The number of aromatic nitrogens is 2. The fraction of sp³-hybridized carbons (Fsp3) is 0.385. The molecule has 2 aromatic rings. The number of para-hydroxylation sites is 1. The molecule has 1 aliphatic heterocycles. The van der Waals surface area contributed by atoms with Gasteiger partial charge in [-0.1, -0.05) is 6.07 Å². The number of fused-ring (bicyclic) bond motifs is 1. The maximum absolute atomic E-state index is 13.6. The molecule has 1 aromatic heterocycles. The van der Waals surface area contributed by atoms with Crippen molar-refractivity contribution in [2.75, 3.05) is 18.5 Å². The Morgan fingerprint density at radius 1 is 1.39 bits per heavy atom. The molecule has 2 heterocycles. The highest BCUT2D eigenvalue weighted by atomic mass is 19.1. The van der Waals surface area contributed by atoms with E-state index in [0.717, 1.165) is 19.4 Å². The minimum absolute atomic E-state index is 0.226. The lowest BCUT2D eigenvalue weighted by atomic mass is 10.2. The number of nitrogens with zero attached hydrogens (tertiary/aromatic N) is 2. The quantitative estimate of drug-likeness (QED) is 0.904. The summed E-state index contributed by atoms with van der Waals surface area (Å²) in [4.78, 5) is 8.13. The average molecular weight is 247 g/mol. The first kappa shape index (κ1) is 11.3. The van der Waals surface area contributed by atoms with Gasteiger partial charge in [-0.05, 0) is 25.0 Å². The van der Waals surface area contributed by atoms with Crippen LogP contribution in [0.15, 0.2) is 24.5 Å². The molecule has 0 radical (unpaired) electrons. The number of hydrogen-bond donors (Lipinski definition) is 1. The van der Waals surface area contributed by atoms with Gasteiger partial charge < -0.3 is 10.1 Å². The van der Waals surface area contributed by atoms with Crippen LogP contribution in [0.4, 0.5) is 10.2 Å². The topological polar surface area (TPSA) is 47.0 Å². The van der Waals surface area contributed by atoms with Gasteiger partial charge in [0, 0.05) is 18.5 Å². The Labute approximate surface area is 104 Å². The first-order valence-corrected chi connectivity index (χ1v) is 6.09. The fourth-order valence-corrected chi connectivity index (χ4v) is 2.21. The van der Waals surface area contributed by atoms with E-state index in [9.17, 15) is 4.39 Å². The highest BCUT2D eigenvalue weighted by Gasteiger charge is 2.16. The van der Waals surface area contributed by atoms with E-state index in [4.69, 9.17) is 4.74 Å². The normalized spacial score (nSPS) is 19.3. The van der Waals surface area contributed by atoms with Crippen LogP contribution in [0.5, 0.6) is 0 Å². The maximum Gasteiger partial charge on any atom is 0.149 e. The summed E-state index contributed by atoms with van der Waals surface area (Å²) >= 11 is 0. The Balaban J connectivity index is 1.85. The number of rotatable bonds is 3. The molecular formula is C13H14FN3O. The van der Waals surface area contributed by atoms with E-state index in [-0.39, 0.29) is 11.9 Å². The van der Waals surface area contributed by atoms with Crippen LogP contribution < -0.4 is 5.32 Å². The third-order valence-corrected chi connectivity index (χ3v) is 3.14. The number of hydrogen-bond acceptors (Lipinski definition) is 4. The molecule has 3 rings (SSSR count). The molecule has 1 aromatic carbocycles. The van der Waals surface area contributed by atoms with Crippen LogP contribution in [0.1, 0.15) is 12.8 Å². The molecule has 0 amide bonds. The van der Waals surface area contributed by atoms with Gasteiger partial charge in [0.1, 0.15) is 23.5 Å². The van der Waals surface area contributed by atoms with Gasteiger partial charge in [0.05, 0.1) is 6.10 Å². The van der Waals surface area contributed by atoms with Gasteiger partial charge in [0.25, 0.3) is 0 Å². The van der Waals surface area contributed by atoms with Gasteiger partial charge >= 0.3 is 0 Å². The molecule has 1 unspecified atom stereocenters. The van der Waals surface area contributed by atoms with Crippen molar-refractivity contribution in [1.82, 2.24) is 9.97 Å². The van der Waals surface area contributed by atoms with E-state index in [0.29, 0.717) is 23.3 Å². The zero-order valence-corrected chi connectivity index (χ0v) is 9.90. The molecule has 0 spiro atoms. The van der Waals surface area contributed by atoms with Crippen molar-refractivity contribution >= 4 is 16.7 Å². The van der Waals surface area contributed by atoms with Crippen LogP contribution in [-0.2, 0) is 4.74 Å². The monoisotopic (exact) mass is 247 g/mol. The summed E-state index contributed by atoms with van der Waals surface area (Å²) in [6.07, 6.45) is 3.77. The molecule has 0 saturated carbocycles. The van der Waals surface area contributed by atoms with Gasteiger partial charge in [-0.2, -0.15) is 0 Å². The van der Waals surface area contributed by atoms with Crippen LogP contribution >= 0.6 is 0 Å². The SMILES string of the molecule is Fc1cccc2c(NCC3CCCO3)ncnc12. The molecule has 0 aliphatic carbocycles. The van der Waals surface area contributed by atoms with E-state index in [1.165, 1.54) is 12.4 Å². The number of anilines is 1. The van der Waals surface area contributed by atoms with Crippen LogP contribution in [-0.4, -0.2) is 29.2 Å². The second-order valence-electron chi connectivity index (χ2n) is 4.37.